The molecule has 0 aromatic heterocycles. The smallest absolute Gasteiger partial charge is 0.162 e. The molecule has 1 aliphatic rings. The van der Waals surface area contributed by atoms with Crippen LogP contribution in [-0.2, 0) is 0 Å². The predicted molar refractivity (Wildman–Crippen MR) is 76.5 cm³/mol. The Kier molecular flexibility index (Phi) is 3.91. The summed E-state index contributed by atoms with van der Waals surface area (Å²) in [5.74, 6) is -0.488. The maximum atomic E-state index is 13.8. The highest BCUT2D eigenvalue weighted by molar-refractivity contribution is 6.33. The van der Waals surface area contributed by atoms with Gasteiger partial charge in [0.15, 0.2) is 11.5 Å². The molecule has 2 nitrogen and oxygen atoms in total. The lowest BCUT2D eigenvalue weighted by Crippen LogP contribution is -2.15. The van der Waals surface area contributed by atoms with Gasteiger partial charge in [-0.05, 0) is 23.8 Å². The molecular weight excluding hydrogens is 321 g/mol. The number of benzene rings is 2. The Morgan fingerprint density at radius 2 is 1.57 bits per heavy atom. The third-order valence-electron chi connectivity index (χ3n) is 3.19. The molecule has 0 N–H and O–H groups in total. The first-order valence-electron chi connectivity index (χ1n) is 6.25. The van der Waals surface area contributed by atoms with E-state index in [1.807, 2.05) is 0 Å². The van der Waals surface area contributed by atoms with Gasteiger partial charge in [0.2, 0.25) is 0 Å². The standard InChI is InChI=1S/C15H10Cl2F2O2/c16-9-7-13-12(20-4-5-21-13)6-8(9)15(17)14-10(18)2-1-3-11(14)19/h1-3,6-7,15H,4-5H2. The van der Waals surface area contributed by atoms with Gasteiger partial charge >= 0.3 is 0 Å². The fraction of sp³-hybridized carbons (Fsp3) is 0.200. The number of ether oxygens (including phenoxy) is 2. The number of rotatable bonds is 2. The Bertz CT molecular complexity index is 671. The molecule has 6 heteroatoms. The van der Waals surface area contributed by atoms with Crippen LogP contribution in [0, 0.1) is 11.6 Å². The Hall–Kier alpha value is -1.52. The number of hydrogen-bond donors (Lipinski definition) is 0. The van der Waals surface area contributed by atoms with Crippen molar-refractivity contribution >= 4 is 23.2 Å². The number of fused-ring (bicyclic) bond motifs is 1. The van der Waals surface area contributed by atoms with Crippen LogP contribution in [0.2, 0.25) is 5.02 Å². The molecule has 1 atom stereocenters. The van der Waals surface area contributed by atoms with E-state index in [2.05, 4.69) is 0 Å². The minimum Gasteiger partial charge on any atom is -0.486 e. The van der Waals surface area contributed by atoms with Crippen molar-refractivity contribution in [2.75, 3.05) is 13.2 Å². The van der Waals surface area contributed by atoms with E-state index < -0.39 is 17.0 Å². The van der Waals surface area contributed by atoms with E-state index in [4.69, 9.17) is 32.7 Å². The zero-order chi connectivity index (χ0) is 15.0. The molecule has 1 unspecified atom stereocenters. The lowest BCUT2D eigenvalue weighted by Gasteiger charge is -2.21. The third kappa shape index (κ3) is 2.65. The van der Waals surface area contributed by atoms with Crippen molar-refractivity contribution in [1.82, 2.24) is 0 Å². The van der Waals surface area contributed by atoms with E-state index in [0.717, 1.165) is 12.1 Å². The Labute approximate surface area is 130 Å². The largest absolute Gasteiger partial charge is 0.486 e. The lowest BCUT2D eigenvalue weighted by atomic mass is 10.0. The van der Waals surface area contributed by atoms with Crippen LogP contribution in [0.1, 0.15) is 16.5 Å². The number of hydrogen-bond acceptors (Lipinski definition) is 2. The predicted octanol–water partition coefficient (Wildman–Crippen LogP) is 4.72. The van der Waals surface area contributed by atoms with Crippen molar-refractivity contribution in [1.29, 1.82) is 0 Å². The minimum atomic E-state index is -1.06. The highest BCUT2D eigenvalue weighted by Gasteiger charge is 2.24. The van der Waals surface area contributed by atoms with Gasteiger partial charge in [0.25, 0.3) is 0 Å². The molecule has 1 heterocycles. The summed E-state index contributed by atoms with van der Waals surface area (Å²) >= 11 is 12.4. The molecule has 0 amide bonds. The molecular formula is C15H10Cl2F2O2. The second-order valence-corrected chi connectivity index (χ2v) is 5.36. The summed E-state index contributed by atoms with van der Waals surface area (Å²) in [6.45, 7) is 0.823. The molecule has 0 saturated carbocycles. The molecule has 3 rings (SSSR count). The van der Waals surface area contributed by atoms with Crippen LogP contribution in [0.4, 0.5) is 8.78 Å². The highest BCUT2D eigenvalue weighted by Crippen LogP contribution is 2.42. The van der Waals surface area contributed by atoms with Crippen molar-refractivity contribution in [3.63, 3.8) is 0 Å². The van der Waals surface area contributed by atoms with E-state index >= 15 is 0 Å². The first-order valence-corrected chi connectivity index (χ1v) is 7.06. The number of halogens is 4. The monoisotopic (exact) mass is 330 g/mol. The van der Waals surface area contributed by atoms with Gasteiger partial charge in [-0.1, -0.05) is 17.7 Å². The van der Waals surface area contributed by atoms with E-state index in [-0.39, 0.29) is 10.6 Å². The van der Waals surface area contributed by atoms with Crippen molar-refractivity contribution in [2.45, 2.75) is 5.38 Å². The Balaban J connectivity index is 2.07. The first-order chi connectivity index (χ1) is 10.1. The van der Waals surface area contributed by atoms with E-state index in [1.165, 1.54) is 6.07 Å². The van der Waals surface area contributed by atoms with E-state index in [1.54, 1.807) is 12.1 Å². The van der Waals surface area contributed by atoms with Gasteiger partial charge in [-0.2, -0.15) is 0 Å². The summed E-state index contributed by atoms with van der Waals surface area (Å²) in [5, 5.41) is -0.795. The van der Waals surface area contributed by atoms with Crippen LogP contribution >= 0.6 is 23.2 Å². The molecule has 1 aliphatic heterocycles. The summed E-state index contributed by atoms with van der Waals surface area (Å²) in [5.41, 5.74) is 0.129. The third-order valence-corrected chi connectivity index (χ3v) is 3.97. The lowest BCUT2D eigenvalue weighted by molar-refractivity contribution is 0.171. The van der Waals surface area contributed by atoms with Gasteiger partial charge in [0, 0.05) is 16.7 Å². The second kappa shape index (κ2) is 5.70. The van der Waals surface area contributed by atoms with Crippen LogP contribution in [0.3, 0.4) is 0 Å². The molecule has 0 fully saturated rings. The summed E-state index contributed by atoms with van der Waals surface area (Å²) in [6, 6.07) is 6.68. The minimum absolute atomic E-state index is 0.238. The van der Waals surface area contributed by atoms with Gasteiger partial charge < -0.3 is 9.47 Å². The average molecular weight is 331 g/mol. The normalized spacial score (nSPS) is 14.9. The van der Waals surface area contributed by atoms with Crippen LogP contribution in [0.5, 0.6) is 11.5 Å². The van der Waals surface area contributed by atoms with Crippen LogP contribution < -0.4 is 9.47 Å². The molecule has 0 bridgehead atoms. The van der Waals surface area contributed by atoms with Crippen LogP contribution in [-0.4, -0.2) is 13.2 Å². The van der Waals surface area contributed by atoms with Crippen molar-refractivity contribution < 1.29 is 18.3 Å². The maximum Gasteiger partial charge on any atom is 0.162 e. The average Bonchev–Trinajstić information content (AvgIpc) is 2.46. The molecule has 0 saturated heterocycles. The van der Waals surface area contributed by atoms with E-state index in [9.17, 15) is 8.78 Å². The maximum absolute atomic E-state index is 13.8. The van der Waals surface area contributed by atoms with Gasteiger partial charge in [0.1, 0.15) is 24.8 Å². The fourth-order valence-corrected chi connectivity index (χ4v) is 2.89. The fourth-order valence-electron chi connectivity index (χ4n) is 2.18. The molecule has 110 valence electrons. The summed E-state index contributed by atoms with van der Waals surface area (Å²) in [7, 11) is 0. The highest BCUT2D eigenvalue weighted by atomic mass is 35.5. The zero-order valence-electron chi connectivity index (χ0n) is 10.7. The van der Waals surface area contributed by atoms with Crippen molar-refractivity contribution in [2.24, 2.45) is 0 Å². The second-order valence-electron chi connectivity index (χ2n) is 4.52. The molecule has 0 spiro atoms. The topological polar surface area (TPSA) is 18.5 Å². The van der Waals surface area contributed by atoms with Gasteiger partial charge in [-0.15, -0.1) is 11.6 Å². The van der Waals surface area contributed by atoms with Crippen molar-refractivity contribution in [3.05, 3.63) is 58.1 Å². The van der Waals surface area contributed by atoms with Gasteiger partial charge in [-0.3, -0.25) is 0 Å². The molecule has 2 aromatic carbocycles. The summed E-state index contributed by atoms with van der Waals surface area (Å²) in [6.07, 6.45) is 0. The van der Waals surface area contributed by atoms with Gasteiger partial charge in [-0.25, -0.2) is 8.78 Å². The molecule has 0 radical (unpaired) electrons. The summed E-state index contributed by atoms with van der Waals surface area (Å²) < 4.78 is 38.5. The Morgan fingerprint density at radius 3 is 2.19 bits per heavy atom. The van der Waals surface area contributed by atoms with Crippen LogP contribution in [0.25, 0.3) is 0 Å². The molecule has 0 aliphatic carbocycles. The van der Waals surface area contributed by atoms with Crippen LogP contribution in [0.15, 0.2) is 30.3 Å². The molecule has 21 heavy (non-hydrogen) atoms. The van der Waals surface area contributed by atoms with Crippen molar-refractivity contribution in [3.8, 4) is 11.5 Å². The molecule has 2 aromatic rings. The SMILES string of the molecule is Fc1cccc(F)c1C(Cl)c1cc2c(cc1Cl)OCCO2. The van der Waals surface area contributed by atoms with Gasteiger partial charge in [0.05, 0.1) is 5.38 Å². The Morgan fingerprint density at radius 1 is 1.00 bits per heavy atom. The van der Waals surface area contributed by atoms with E-state index in [0.29, 0.717) is 30.3 Å². The quantitative estimate of drug-likeness (QED) is 0.742. The summed E-state index contributed by atoms with van der Waals surface area (Å²) in [4.78, 5) is 0. The number of alkyl halides is 1. The first kappa shape index (κ1) is 14.4. The zero-order valence-corrected chi connectivity index (χ0v) is 12.2.